The van der Waals surface area contributed by atoms with Crippen LogP contribution < -0.4 is 14.8 Å². The predicted molar refractivity (Wildman–Crippen MR) is 192 cm³/mol. The number of ketones is 1. The Bertz CT molecular complexity index is 2060. The van der Waals surface area contributed by atoms with Gasteiger partial charge in [0.25, 0.3) is 0 Å². The maximum Gasteiger partial charge on any atom is 0.307 e. The highest BCUT2D eigenvalue weighted by atomic mass is 35.5. The molecule has 2 saturated carbocycles. The maximum atomic E-state index is 14.7. The van der Waals surface area contributed by atoms with Crippen molar-refractivity contribution in [3.8, 4) is 11.6 Å². The fourth-order valence-electron chi connectivity index (χ4n) is 6.62. The molecule has 0 radical (unpaired) electrons. The number of hydrogen-bond acceptors (Lipinski definition) is 10. The Hall–Kier alpha value is -3.71. The Labute approximate surface area is 312 Å². The lowest BCUT2D eigenvalue weighted by Gasteiger charge is -2.35. The zero-order chi connectivity index (χ0) is 42.7. The minimum absolute atomic E-state index is 0.104. The van der Waals surface area contributed by atoms with Crippen LogP contribution in [0.25, 0.3) is 10.8 Å². The number of methoxy groups -OCH3 is 1. The number of Topliss-reactive ketones (excluding diaryl/α,β-unsaturated/α-hetero) is 1. The molecule has 0 spiro atoms. The highest BCUT2D eigenvalue weighted by Gasteiger charge is 2.61. The van der Waals surface area contributed by atoms with Gasteiger partial charge in [-0.1, -0.05) is 38.4 Å². The number of benzene rings is 1. The first-order valence-electron chi connectivity index (χ1n) is 19.7. The summed E-state index contributed by atoms with van der Waals surface area (Å²) in [6.07, 6.45) is 2.15. The van der Waals surface area contributed by atoms with Crippen molar-refractivity contribution in [2.45, 2.75) is 102 Å². The van der Waals surface area contributed by atoms with Gasteiger partial charge < -0.3 is 24.4 Å². The van der Waals surface area contributed by atoms with E-state index in [1.807, 2.05) is 0 Å². The van der Waals surface area contributed by atoms with Gasteiger partial charge in [-0.3, -0.25) is 19.2 Å². The van der Waals surface area contributed by atoms with Crippen molar-refractivity contribution in [1.82, 2.24) is 15.2 Å². The molecule has 0 bridgehead atoms. The molecule has 1 saturated heterocycles. The Balaban J connectivity index is 1.48. The Kier molecular flexibility index (Phi) is 8.49. The lowest BCUT2D eigenvalue weighted by atomic mass is 9.77. The normalized spacial score (nSPS) is 26.3. The SMILES string of the molecule is [2H]C([2H])([2H])C(C)(OC(=O)C[C@H](C(=O)N1C[C@H](Oc2ncc(OC)c3ccc(Cl)cc23)C[C@H]1C(=O)N[C@]1(C(=O)CS(=O)(=O)C2CC2)C[C@H]1C=C)C(C)(C)C)C([2H])([2H])[2H]. The second-order valence-corrected chi connectivity index (χ2v) is 17.6. The van der Waals surface area contributed by atoms with Crippen molar-refractivity contribution < 1.29 is 50.0 Å². The molecule has 51 heavy (non-hydrogen) atoms. The quantitative estimate of drug-likeness (QED) is 0.222. The molecule has 12 nitrogen and oxygen atoms in total. The molecule has 0 unspecified atom stereocenters. The summed E-state index contributed by atoms with van der Waals surface area (Å²) < 4.78 is 89.5. The van der Waals surface area contributed by atoms with Gasteiger partial charge >= 0.3 is 5.97 Å². The fraction of sp³-hybridized carbons (Fsp3) is 0.595. The van der Waals surface area contributed by atoms with Crippen LogP contribution in [0.15, 0.2) is 37.1 Å². The molecule has 14 heteroatoms. The summed E-state index contributed by atoms with van der Waals surface area (Å²) in [5.74, 6) is -5.53. The number of esters is 1. The molecule has 1 aromatic heterocycles. The standard InChI is InChI=1S/C37H48ClN3O9S/c1-9-21-17-37(21,30(42)20-51(46,47)24-11-12-24)40-32(44)28-15-23(49-33-26-14-22(38)10-13-25(26)29(48-8)18-39-33)19-41(28)34(45)27(35(2,3)4)16-31(43)50-36(5,6)7/h9-10,13-14,18,21,23-24,27-28H,1,11-12,15-17,19-20H2,2-8H3,(H,40,44)/t21-,23-,27-,28+,37-/m1/s1/i5D3,6D3. The zero-order valence-electron chi connectivity index (χ0n) is 35.3. The largest absolute Gasteiger partial charge is 0.494 e. The van der Waals surface area contributed by atoms with Crippen LogP contribution in [0, 0.1) is 17.3 Å². The number of halogens is 1. The van der Waals surface area contributed by atoms with E-state index >= 15 is 0 Å². The molecule has 2 aromatic rings. The number of fused-ring (bicyclic) bond motifs is 1. The van der Waals surface area contributed by atoms with Gasteiger partial charge in [0.05, 0.1) is 37.4 Å². The summed E-state index contributed by atoms with van der Waals surface area (Å²) in [4.78, 5) is 61.7. The average Bonchev–Trinajstić information content (AvgIpc) is 4.02. The number of aromatic nitrogens is 1. The van der Waals surface area contributed by atoms with Crippen molar-refractivity contribution in [3.05, 3.63) is 42.1 Å². The van der Waals surface area contributed by atoms with E-state index in [1.165, 1.54) is 24.3 Å². The number of hydrogen-bond donors (Lipinski definition) is 1. The van der Waals surface area contributed by atoms with Gasteiger partial charge in [-0.15, -0.1) is 6.58 Å². The van der Waals surface area contributed by atoms with E-state index in [0.29, 0.717) is 34.4 Å². The van der Waals surface area contributed by atoms with E-state index in [9.17, 15) is 27.6 Å². The number of carbonyl (C=O) groups is 4. The number of rotatable bonds is 13. The van der Waals surface area contributed by atoms with E-state index in [-0.39, 0.29) is 25.3 Å². The molecule has 3 aliphatic rings. The van der Waals surface area contributed by atoms with E-state index in [0.717, 1.165) is 6.92 Å². The monoisotopic (exact) mass is 751 g/mol. The third-order valence-electron chi connectivity index (χ3n) is 9.66. The molecular formula is C37H48ClN3O9S. The number of nitrogens with one attached hydrogen (secondary N) is 1. The minimum atomic E-state index is -3.74. The highest BCUT2D eigenvalue weighted by Crippen LogP contribution is 2.47. The predicted octanol–water partition coefficient (Wildman–Crippen LogP) is 4.85. The Morgan fingerprint density at radius 1 is 1.20 bits per heavy atom. The molecule has 278 valence electrons. The summed E-state index contributed by atoms with van der Waals surface area (Å²) in [6, 6.07) is 3.67. The third-order valence-corrected chi connectivity index (χ3v) is 12.0. The lowest BCUT2D eigenvalue weighted by molar-refractivity contribution is -0.161. The second kappa shape index (κ2) is 14.0. The van der Waals surface area contributed by atoms with Crippen molar-refractivity contribution >= 4 is 55.8 Å². The first-order chi connectivity index (χ1) is 26.2. The second-order valence-electron chi connectivity index (χ2n) is 14.9. The van der Waals surface area contributed by atoms with Crippen molar-refractivity contribution in [1.29, 1.82) is 0 Å². The summed E-state index contributed by atoms with van der Waals surface area (Å²) in [6.45, 7) is 2.72. The number of ether oxygens (including phenoxy) is 3. The van der Waals surface area contributed by atoms with Gasteiger partial charge in [0.2, 0.25) is 17.7 Å². The number of carbonyl (C=O) groups excluding carboxylic acids is 4. The maximum absolute atomic E-state index is 14.7. The molecule has 5 rings (SSSR count). The minimum Gasteiger partial charge on any atom is -0.494 e. The molecule has 5 atom stereocenters. The first-order valence-corrected chi connectivity index (χ1v) is 18.8. The van der Waals surface area contributed by atoms with Crippen molar-refractivity contribution in [2.24, 2.45) is 17.3 Å². The first kappa shape index (κ1) is 30.9. The Morgan fingerprint density at radius 3 is 2.49 bits per heavy atom. The van der Waals surface area contributed by atoms with Gasteiger partial charge in [0.1, 0.15) is 34.8 Å². The lowest BCUT2D eigenvalue weighted by Crippen LogP contribution is -2.55. The van der Waals surface area contributed by atoms with E-state index < -0.39 is 105 Å². The molecule has 1 aromatic carbocycles. The summed E-state index contributed by atoms with van der Waals surface area (Å²) in [5.41, 5.74) is -5.49. The van der Waals surface area contributed by atoms with Crippen LogP contribution in [-0.2, 0) is 33.8 Å². The summed E-state index contributed by atoms with van der Waals surface area (Å²) in [7, 11) is -2.27. The molecule has 1 N–H and O–H groups in total. The van der Waals surface area contributed by atoms with E-state index in [4.69, 9.17) is 34.0 Å². The number of pyridine rings is 1. The number of nitrogens with zero attached hydrogens (tertiary/aromatic N) is 2. The van der Waals surface area contributed by atoms with Gasteiger partial charge in [0, 0.05) is 36.4 Å². The van der Waals surface area contributed by atoms with Crippen molar-refractivity contribution in [2.75, 3.05) is 19.4 Å². The van der Waals surface area contributed by atoms with E-state index in [2.05, 4.69) is 16.9 Å². The van der Waals surface area contributed by atoms with Crippen LogP contribution in [0.4, 0.5) is 0 Å². The Morgan fingerprint density at radius 2 is 1.90 bits per heavy atom. The average molecular weight is 752 g/mol. The van der Waals surface area contributed by atoms with Crippen LogP contribution in [0.5, 0.6) is 11.6 Å². The van der Waals surface area contributed by atoms with Gasteiger partial charge in [-0.2, -0.15) is 0 Å². The number of amides is 2. The highest BCUT2D eigenvalue weighted by molar-refractivity contribution is 7.93. The molecular weight excluding hydrogens is 698 g/mol. The smallest absolute Gasteiger partial charge is 0.307 e. The number of likely N-dealkylation sites (tertiary alicyclic amines) is 1. The summed E-state index contributed by atoms with van der Waals surface area (Å²) >= 11 is 6.32. The van der Waals surface area contributed by atoms with Gasteiger partial charge in [-0.25, -0.2) is 13.4 Å². The molecule has 2 heterocycles. The summed E-state index contributed by atoms with van der Waals surface area (Å²) in [5, 5.41) is 3.61. The number of sulfone groups is 1. The van der Waals surface area contributed by atoms with Gasteiger partial charge in [-0.05, 0) is 63.5 Å². The van der Waals surface area contributed by atoms with E-state index in [1.54, 1.807) is 39.0 Å². The fourth-order valence-corrected chi connectivity index (χ4v) is 8.51. The molecule has 2 amide bonds. The van der Waals surface area contributed by atoms with Crippen LogP contribution >= 0.6 is 11.6 Å². The molecule has 2 aliphatic carbocycles. The van der Waals surface area contributed by atoms with Crippen LogP contribution in [0.3, 0.4) is 0 Å². The van der Waals surface area contributed by atoms with Crippen molar-refractivity contribution in [3.63, 3.8) is 0 Å². The molecule has 3 fully saturated rings. The van der Waals surface area contributed by atoms with Crippen LogP contribution in [0.2, 0.25) is 5.02 Å². The molecule has 1 aliphatic heterocycles. The van der Waals surface area contributed by atoms with Crippen LogP contribution in [0.1, 0.15) is 81.7 Å². The third kappa shape index (κ3) is 8.51. The topological polar surface area (TPSA) is 158 Å². The zero-order valence-corrected chi connectivity index (χ0v) is 30.9. The van der Waals surface area contributed by atoms with Gasteiger partial charge in [0.15, 0.2) is 15.6 Å². The van der Waals surface area contributed by atoms with Crippen LogP contribution in [-0.4, -0.2) is 89.8 Å².